The molecule has 37 atom stereocenters. The number of allylic oxidation sites excluding steroid dienone is 4. The predicted molar refractivity (Wildman–Crippen MR) is 458 cm³/mol. The lowest BCUT2D eigenvalue weighted by Gasteiger charge is -2.42. The molecule has 0 amide bonds. The second-order valence-corrected chi connectivity index (χ2v) is 36.1. The molecule has 0 saturated carbocycles. The Kier molecular flexibility index (Phi) is 47.1. The van der Waals surface area contributed by atoms with Crippen LogP contribution in [0.1, 0.15) is 198 Å². The molecule has 0 aromatic rings. The van der Waals surface area contributed by atoms with Crippen LogP contribution in [0.5, 0.6) is 0 Å². The van der Waals surface area contributed by atoms with Crippen LogP contribution >= 0.6 is 0 Å². The Balaban J connectivity index is 1.21. The number of fused-ring (bicyclic) bond motifs is 4. The van der Waals surface area contributed by atoms with Crippen molar-refractivity contribution in [2.75, 3.05) is 76.7 Å². The smallest absolute Gasteiger partial charge is 0.337 e. The van der Waals surface area contributed by atoms with Gasteiger partial charge in [-0.25, -0.2) is 14.4 Å². The van der Waals surface area contributed by atoms with Crippen molar-refractivity contribution in [1.82, 2.24) is 0 Å². The Bertz CT molecular complexity index is 3250. The minimum atomic E-state index is -1.89. The summed E-state index contributed by atoms with van der Waals surface area (Å²) in [5, 5.41) is 105. The molecular weight excluding hydrogens is 1610 g/mol. The van der Waals surface area contributed by atoms with E-state index in [1.807, 2.05) is 84.9 Å². The molecule has 7 heterocycles. The van der Waals surface area contributed by atoms with Gasteiger partial charge in [-0.15, -0.1) is 0 Å². The van der Waals surface area contributed by atoms with Crippen molar-refractivity contribution in [3.05, 3.63) is 71.9 Å². The van der Waals surface area contributed by atoms with Crippen molar-refractivity contribution >= 4 is 17.9 Å². The summed E-state index contributed by atoms with van der Waals surface area (Å²) in [6.45, 7) is 17.8. The van der Waals surface area contributed by atoms with Gasteiger partial charge in [0.1, 0.15) is 42.7 Å². The standard InChI is InChI=1S/C93H156O31/c1-52-25-31-70(120-92-87(104)88(112-17)81(110-15)50-114-92)43-64-21-19-23-66(118-64)47-77(108-13)58(7)74(97)39-62(95)42-80(61(10)86(103)55(4)30-34-69-46-73(107-12)38-57(6)117-69)123-84(101)36-28-53(2)26-32-71(121-93-90(124-91(105)76(99)49-94)89(113-18)82(111-16)51-115-93)44-65-22-20-24-67(119-65)48-78(109-14)59(8)75(98)40-63(96)41-79(122-83(100)35-27-52)60(9)85(102)54(3)29-33-68-45-72(106-11)37-56(5)116-68/h19-22,25-28,35-36,54-82,85-90,92-99,102-104H,23-24,29-34,37-51H2,1-18H3/t54-,55-,56-,57-,58-,59-,60+,61+,62+,63+,64-,65-,66-,67-,68-,69-,70-,71-,72+,73+,74-,75-,76+,77-,78-,79-,80-,81-,82-,85-,86-,87-,88+,89+,90-,92+,93+/m0/s1. The van der Waals surface area contributed by atoms with Crippen molar-refractivity contribution in [1.29, 1.82) is 0 Å². The number of aliphatic hydroxyl groups is 9. The van der Waals surface area contributed by atoms with E-state index in [1.54, 1.807) is 54.3 Å². The van der Waals surface area contributed by atoms with Gasteiger partial charge in [0.25, 0.3) is 0 Å². The van der Waals surface area contributed by atoms with Crippen molar-refractivity contribution in [3.63, 3.8) is 0 Å². The lowest BCUT2D eigenvalue weighted by Crippen LogP contribution is -2.58. The summed E-state index contributed by atoms with van der Waals surface area (Å²) in [5.41, 5.74) is 1.23. The third-order valence-corrected chi connectivity index (χ3v) is 26.5. The van der Waals surface area contributed by atoms with E-state index in [4.69, 9.17) is 90.0 Å². The number of carbonyl (C=O) groups excluding carboxylic acids is 3. The fourth-order valence-corrected chi connectivity index (χ4v) is 18.4. The molecule has 4 fully saturated rings. The van der Waals surface area contributed by atoms with E-state index in [0.29, 0.717) is 68.9 Å². The second-order valence-electron chi connectivity index (χ2n) is 36.1. The Hall–Kier alpha value is -4.15. The van der Waals surface area contributed by atoms with Crippen LogP contribution in [0.3, 0.4) is 0 Å². The van der Waals surface area contributed by atoms with Crippen LogP contribution < -0.4 is 0 Å². The summed E-state index contributed by atoms with van der Waals surface area (Å²) in [6, 6.07) is 0. The van der Waals surface area contributed by atoms with Gasteiger partial charge >= 0.3 is 17.9 Å². The van der Waals surface area contributed by atoms with Gasteiger partial charge in [-0.3, -0.25) is 0 Å². The van der Waals surface area contributed by atoms with E-state index in [1.165, 1.54) is 47.7 Å². The fraction of sp³-hybridized carbons (Fsp3) is 0.839. The molecule has 4 saturated heterocycles. The van der Waals surface area contributed by atoms with Crippen LogP contribution in [-0.4, -0.2) is 330 Å². The summed E-state index contributed by atoms with van der Waals surface area (Å²) >= 11 is 0. The number of hydrogen-bond donors (Lipinski definition) is 9. The van der Waals surface area contributed by atoms with Gasteiger partial charge in [-0.2, -0.15) is 0 Å². The Labute approximate surface area is 736 Å². The second kappa shape index (κ2) is 54.6. The highest BCUT2D eigenvalue weighted by atomic mass is 16.7. The molecule has 7 rings (SSSR count). The van der Waals surface area contributed by atoms with E-state index in [0.717, 1.165) is 19.3 Å². The molecule has 0 spiro atoms. The Morgan fingerprint density at radius 1 is 0.460 bits per heavy atom. The molecule has 31 nitrogen and oxygen atoms in total. The summed E-state index contributed by atoms with van der Waals surface area (Å²) in [4.78, 5) is 41.9. The lowest BCUT2D eigenvalue weighted by molar-refractivity contribution is -0.296. The minimum Gasteiger partial charge on any atom is -0.459 e. The van der Waals surface area contributed by atoms with Gasteiger partial charge in [0.15, 0.2) is 24.8 Å². The highest BCUT2D eigenvalue weighted by Crippen LogP contribution is 2.38. The number of rotatable bonds is 27. The first-order chi connectivity index (χ1) is 59.1. The monoisotopic (exact) mass is 1770 g/mol. The van der Waals surface area contributed by atoms with E-state index in [-0.39, 0.29) is 113 Å². The number of esters is 3. The minimum absolute atomic E-state index is 0.000978. The fourth-order valence-electron chi connectivity index (χ4n) is 18.4. The van der Waals surface area contributed by atoms with Gasteiger partial charge in [0, 0.05) is 131 Å². The zero-order valence-corrected chi connectivity index (χ0v) is 76.9. The number of hydrogen-bond acceptors (Lipinski definition) is 31. The summed E-state index contributed by atoms with van der Waals surface area (Å²) in [6.07, 6.45) is 0.924. The van der Waals surface area contributed by atoms with Gasteiger partial charge in [0.2, 0.25) is 0 Å². The summed E-state index contributed by atoms with van der Waals surface area (Å²) < 4.78 is 117. The number of methoxy groups -OCH3 is 8. The highest BCUT2D eigenvalue weighted by molar-refractivity contribution is 5.83. The normalized spacial score (nSPS) is 38.9. The zero-order valence-electron chi connectivity index (χ0n) is 76.9. The maximum atomic E-state index is 14.4. The van der Waals surface area contributed by atoms with Gasteiger partial charge in [-0.05, 0) is 129 Å². The molecule has 0 aromatic heterocycles. The van der Waals surface area contributed by atoms with Gasteiger partial charge in [-0.1, -0.05) is 101 Å². The van der Waals surface area contributed by atoms with Crippen molar-refractivity contribution in [2.45, 2.75) is 387 Å². The van der Waals surface area contributed by atoms with Crippen LogP contribution in [-0.2, 0) is 104 Å². The van der Waals surface area contributed by atoms with Crippen molar-refractivity contribution < 1.29 is 150 Å². The molecule has 0 unspecified atom stereocenters. The highest BCUT2D eigenvalue weighted by Gasteiger charge is 2.48. The molecule has 7 aliphatic heterocycles. The molecule has 4 bridgehead atoms. The lowest BCUT2D eigenvalue weighted by atomic mass is 9.83. The molecule has 0 aromatic carbocycles. The maximum Gasteiger partial charge on any atom is 0.337 e. The summed E-state index contributed by atoms with van der Waals surface area (Å²) in [5.74, 6) is -5.84. The third-order valence-electron chi connectivity index (χ3n) is 26.5. The van der Waals surface area contributed by atoms with Crippen LogP contribution in [0, 0.1) is 35.5 Å². The molecular formula is C93H156O31. The zero-order chi connectivity index (χ0) is 91.0. The largest absolute Gasteiger partial charge is 0.459 e. The molecule has 9 N–H and O–H groups in total. The van der Waals surface area contributed by atoms with Crippen molar-refractivity contribution in [2.24, 2.45) is 35.5 Å². The quantitative estimate of drug-likeness (QED) is 0.0213. The third kappa shape index (κ3) is 33.9. The van der Waals surface area contributed by atoms with Gasteiger partial charge < -0.3 is 136 Å². The summed E-state index contributed by atoms with van der Waals surface area (Å²) in [7, 11) is 12.3. The molecule has 31 heteroatoms. The SMILES string of the molecule is CO[C@H]1C[C@H](CC[C@H](C)[C@H](O)[C@H](C)[C@@H]2C[C@H](O)C[C@H](O)[C@H](C)[C@@H](OC)C[C@@H]3CC=C[C@@H](C[C@@H](O[C@H]4OC[C@H](OC)[C@@H](OC)[C@@H]4O)CC=C(C)C=CC(=O)O[C@H]([C@@H](C)[C@@H](O)[C@@H](C)CC[C@H]4C[C@H](OC)C[C@H](C)O4)C[C@H](O)C[C@H](O)[C@H](C)[C@@H](OC)C[C@@H]4CC=C[C@@H](C[C@@H](O[C@H]5OC[C@H](OC)[C@@H](OC)[C@@H]5OC(=O)[C@H](O)CO)CC=C(C)C=CC(=O)O2)O4)O3)O[C@@H](C)C1. The van der Waals surface area contributed by atoms with Gasteiger partial charge in [0.05, 0.1) is 142 Å². The number of ether oxygens (including phenoxy) is 19. The first kappa shape index (κ1) is 107. The Morgan fingerprint density at radius 2 is 0.871 bits per heavy atom. The van der Waals surface area contributed by atoms with E-state index in [9.17, 15) is 60.3 Å². The van der Waals surface area contributed by atoms with E-state index < -0.39 is 201 Å². The van der Waals surface area contributed by atoms with Crippen molar-refractivity contribution in [3.8, 4) is 0 Å². The first-order valence-corrected chi connectivity index (χ1v) is 45.2. The topological polar surface area (TPSA) is 409 Å². The van der Waals surface area contributed by atoms with E-state index in [2.05, 4.69) is 0 Å². The van der Waals surface area contributed by atoms with E-state index >= 15 is 0 Å². The first-order valence-electron chi connectivity index (χ1n) is 45.2. The number of aliphatic hydroxyl groups excluding tert-OH is 9. The van der Waals surface area contributed by atoms with Crippen LogP contribution in [0.4, 0.5) is 0 Å². The molecule has 7 aliphatic rings. The van der Waals surface area contributed by atoms with Crippen LogP contribution in [0.15, 0.2) is 71.9 Å². The number of cyclic esters (lactones) is 2. The predicted octanol–water partition coefficient (Wildman–Crippen LogP) is 8.06. The maximum absolute atomic E-state index is 14.4. The average molecular weight is 1770 g/mol. The average Bonchev–Trinajstić information content (AvgIpc) is 0.807. The molecule has 124 heavy (non-hydrogen) atoms. The molecule has 714 valence electrons. The molecule has 0 radical (unpaired) electrons. The van der Waals surface area contributed by atoms with Crippen LogP contribution in [0.25, 0.3) is 0 Å². The molecule has 0 aliphatic carbocycles. The number of carbonyl (C=O) groups is 3. The van der Waals surface area contributed by atoms with Crippen LogP contribution in [0.2, 0.25) is 0 Å². The Morgan fingerprint density at radius 3 is 1.27 bits per heavy atom.